The van der Waals surface area contributed by atoms with Crippen molar-refractivity contribution in [2.75, 3.05) is 13.2 Å². The Bertz CT molecular complexity index is 632. The van der Waals surface area contributed by atoms with Gasteiger partial charge in [-0.25, -0.2) is 0 Å². The monoisotopic (exact) mass is 297 g/mol. The number of para-hydroxylation sites is 1. The number of benzene rings is 2. The molecular formula is C18H19NO3. The summed E-state index contributed by atoms with van der Waals surface area (Å²) < 4.78 is 11.1. The minimum Gasteiger partial charge on any atom is -0.491 e. The Labute approximate surface area is 130 Å². The lowest BCUT2D eigenvalue weighted by Crippen LogP contribution is -2.25. The van der Waals surface area contributed by atoms with Gasteiger partial charge in [0, 0.05) is 0 Å². The number of hydrogen-bond donors (Lipinski definition) is 1. The number of hydrogen-bond acceptors (Lipinski definition) is 4. The molecule has 1 unspecified atom stereocenters. The van der Waals surface area contributed by atoms with Gasteiger partial charge in [0.2, 0.25) is 0 Å². The molecule has 1 atom stereocenters. The molecule has 2 aromatic rings. The first-order valence-electron chi connectivity index (χ1n) is 7.14. The zero-order valence-electron chi connectivity index (χ0n) is 12.5. The number of rotatable bonds is 7. The summed E-state index contributed by atoms with van der Waals surface area (Å²) in [5.74, 6) is 1.43. The van der Waals surface area contributed by atoms with E-state index in [1.807, 2.05) is 43.3 Å². The minimum atomic E-state index is -0.710. The fourth-order valence-electron chi connectivity index (χ4n) is 1.94. The zero-order valence-corrected chi connectivity index (χ0v) is 12.5. The van der Waals surface area contributed by atoms with Gasteiger partial charge in [0.1, 0.15) is 30.8 Å². The Morgan fingerprint density at radius 3 is 2.41 bits per heavy atom. The highest BCUT2D eigenvalue weighted by molar-refractivity contribution is 5.31. The molecule has 2 aromatic carbocycles. The molecule has 0 bridgehead atoms. The predicted molar refractivity (Wildman–Crippen MR) is 83.9 cm³/mol. The Morgan fingerprint density at radius 2 is 1.73 bits per heavy atom. The molecular weight excluding hydrogens is 278 g/mol. The number of nitriles is 1. The zero-order chi connectivity index (χ0) is 15.8. The van der Waals surface area contributed by atoms with Crippen LogP contribution in [0, 0.1) is 18.3 Å². The highest BCUT2D eigenvalue weighted by atomic mass is 16.5. The van der Waals surface area contributed by atoms with Gasteiger partial charge in [0.15, 0.2) is 0 Å². The van der Waals surface area contributed by atoms with E-state index in [0.717, 1.165) is 16.9 Å². The Hall–Kier alpha value is -2.51. The van der Waals surface area contributed by atoms with Crippen LogP contribution in [0.4, 0.5) is 0 Å². The lowest BCUT2D eigenvalue weighted by molar-refractivity contribution is 0.0624. The van der Waals surface area contributed by atoms with Crippen molar-refractivity contribution in [3.8, 4) is 17.6 Å². The van der Waals surface area contributed by atoms with Crippen LogP contribution in [0.25, 0.3) is 0 Å². The third-order valence-electron chi connectivity index (χ3n) is 3.17. The molecule has 0 heterocycles. The summed E-state index contributed by atoms with van der Waals surface area (Å²) >= 11 is 0. The summed E-state index contributed by atoms with van der Waals surface area (Å²) in [6.07, 6.45) is -0.328. The van der Waals surface area contributed by atoms with Crippen molar-refractivity contribution in [2.45, 2.75) is 19.4 Å². The van der Waals surface area contributed by atoms with Gasteiger partial charge in [-0.15, -0.1) is 0 Å². The first-order chi connectivity index (χ1) is 10.7. The van der Waals surface area contributed by atoms with Crippen LogP contribution in [0.1, 0.15) is 11.1 Å². The van der Waals surface area contributed by atoms with Crippen LogP contribution in [-0.2, 0) is 6.42 Å². The van der Waals surface area contributed by atoms with Crippen LogP contribution in [0.2, 0.25) is 0 Å². The summed E-state index contributed by atoms with van der Waals surface area (Å²) in [4.78, 5) is 0. The number of nitrogens with zero attached hydrogens (tertiary/aromatic N) is 1. The van der Waals surface area contributed by atoms with Crippen LogP contribution in [0.15, 0.2) is 48.5 Å². The van der Waals surface area contributed by atoms with Crippen molar-refractivity contribution in [1.82, 2.24) is 0 Å². The second-order valence-electron chi connectivity index (χ2n) is 5.02. The fraction of sp³-hybridized carbons (Fsp3) is 0.278. The van der Waals surface area contributed by atoms with E-state index in [2.05, 4.69) is 6.07 Å². The second kappa shape index (κ2) is 8.06. The van der Waals surface area contributed by atoms with E-state index in [-0.39, 0.29) is 13.2 Å². The summed E-state index contributed by atoms with van der Waals surface area (Å²) in [6, 6.07) is 17.0. The molecule has 0 aliphatic heterocycles. The number of aliphatic hydroxyl groups is 1. The Kier molecular flexibility index (Phi) is 5.81. The van der Waals surface area contributed by atoms with Gasteiger partial charge in [-0.1, -0.05) is 30.3 Å². The fourth-order valence-corrected chi connectivity index (χ4v) is 1.94. The quantitative estimate of drug-likeness (QED) is 0.853. The average molecular weight is 297 g/mol. The van der Waals surface area contributed by atoms with Crippen molar-refractivity contribution >= 4 is 0 Å². The summed E-state index contributed by atoms with van der Waals surface area (Å²) in [7, 11) is 0. The largest absolute Gasteiger partial charge is 0.491 e. The maximum Gasteiger partial charge on any atom is 0.122 e. The normalized spacial score (nSPS) is 11.5. The van der Waals surface area contributed by atoms with Gasteiger partial charge in [-0.3, -0.25) is 0 Å². The van der Waals surface area contributed by atoms with Gasteiger partial charge in [0.25, 0.3) is 0 Å². The first-order valence-corrected chi connectivity index (χ1v) is 7.14. The van der Waals surface area contributed by atoms with E-state index in [1.54, 1.807) is 12.1 Å². The Morgan fingerprint density at radius 1 is 1.05 bits per heavy atom. The minimum absolute atomic E-state index is 0.156. The third-order valence-corrected chi connectivity index (χ3v) is 3.17. The van der Waals surface area contributed by atoms with Crippen molar-refractivity contribution in [3.63, 3.8) is 0 Å². The van der Waals surface area contributed by atoms with Gasteiger partial charge in [0.05, 0.1) is 12.5 Å². The van der Waals surface area contributed by atoms with Gasteiger partial charge < -0.3 is 14.6 Å². The number of aliphatic hydroxyl groups excluding tert-OH is 1. The molecule has 22 heavy (non-hydrogen) atoms. The molecule has 114 valence electrons. The van der Waals surface area contributed by atoms with E-state index in [4.69, 9.17) is 14.7 Å². The second-order valence-corrected chi connectivity index (χ2v) is 5.02. The van der Waals surface area contributed by atoms with E-state index in [1.165, 1.54) is 0 Å². The lowest BCUT2D eigenvalue weighted by Gasteiger charge is -2.14. The molecule has 0 saturated carbocycles. The molecule has 0 spiro atoms. The van der Waals surface area contributed by atoms with Crippen LogP contribution >= 0.6 is 0 Å². The van der Waals surface area contributed by atoms with E-state index < -0.39 is 6.10 Å². The van der Waals surface area contributed by atoms with Crippen molar-refractivity contribution in [2.24, 2.45) is 0 Å². The van der Waals surface area contributed by atoms with Gasteiger partial charge in [-0.2, -0.15) is 5.26 Å². The molecule has 0 fully saturated rings. The summed E-state index contributed by atoms with van der Waals surface area (Å²) in [5.41, 5.74) is 1.97. The summed E-state index contributed by atoms with van der Waals surface area (Å²) in [5, 5.41) is 18.5. The SMILES string of the molecule is Cc1ccccc1OCC(O)COc1ccc(CC#N)cc1. The predicted octanol–water partition coefficient (Wildman–Crippen LogP) is 2.88. The molecule has 0 aliphatic rings. The lowest BCUT2D eigenvalue weighted by atomic mass is 10.2. The highest BCUT2D eigenvalue weighted by Crippen LogP contribution is 2.17. The number of aryl methyl sites for hydroxylation is 1. The first kappa shape index (κ1) is 15.9. The molecule has 0 saturated heterocycles. The third kappa shape index (κ3) is 4.80. The van der Waals surface area contributed by atoms with Crippen molar-refractivity contribution in [1.29, 1.82) is 5.26 Å². The molecule has 0 aromatic heterocycles. The van der Waals surface area contributed by atoms with Gasteiger partial charge in [-0.05, 0) is 36.2 Å². The molecule has 0 radical (unpaired) electrons. The number of ether oxygens (including phenoxy) is 2. The molecule has 0 aliphatic carbocycles. The van der Waals surface area contributed by atoms with Gasteiger partial charge >= 0.3 is 0 Å². The van der Waals surface area contributed by atoms with E-state index in [9.17, 15) is 5.11 Å². The van der Waals surface area contributed by atoms with Crippen LogP contribution in [0.3, 0.4) is 0 Å². The van der Waals surface area contributed by atoms with Crippen LogP contribution in [0.5, 0.6) is 11.5 Å². The standard InChI is InChI=1S/C18H19NO3/c1-14-4-2-3-5-18(14)22-13-16(20)12-21-17-8-6-15(7-9-17)10-11-19/h2-9,16,20H,10,12-13H2,1H3. The molecule has 4 heteroatoms. The molecule has 1 N–H and O–H groups in total. The highest BCUT2D eigenvalue weighted by Gasteiger charge is 2.07. The summed E-state index contributed by atoms with van der Waals surface area (Å²) in [6.45, 7) is 2.29. The topological polar surface area (TPSA) is 62.5 Å². The molecule has 2 rings (SSSR count). The molecule has 0 amide bonds. The van der Waals surface area contributed by atoms with Crippen LogP contribution in [-0.4, -0.2) is 24.4 Å². The maximum atomic E-state index is 9.91. The average Bonchev–Trinajstić information content (AvgIpc) is 2.54. The van der Waals surface area contributed by atoms with Crippen molar-refractivity contribution < 1.29 is 14.6 Å². The van der Waals surface area contributed by atoms with Crippen LogP contribution < -0.4 is 9.47 Å². The molecule has 4 nitrogen and oxygen atoms in total. The smallest absolute Gasteiger partial charge is 0.122 e. The van der Waals surface area contributed by atoms with E-state index >= 15 is 0 Å². The Balaban J connectivity index is 1.77. The van der Waals surface area contributed by atoms with Crippen molar-refractivity contribution in [3.05, 3.63) is 59.7 Å². The van der Waals surface area contributed by atoms with E-state index in [0.29, 0.717) is 12.2 Å². The maximum absolute atomic E-state index is 9.91.